The predicted octanol–water partition coefficient (Wildman–Crippen LogP) is 4.94. The Morgan fingerprint density at radius 1 is 0.947 bits per heavy atom. The number of nitrogens with zero attached hydrogens (tertiary/aromatic N) is 2. The van der Waals surface area contributed by atoms with Crippen LogP contribution in [0.15, 0.2) is 78.6 Å². The minimum absolute atomic E-state index is 0.0136. The van der Waals surface area contributed by atoms with E-state index < -0.39 is 5.79 Å². The Balaban J connectivity index is 1.19. The van der Waals surface area contributed by atoms with Crippen molar-refractivity contribution in [1.29, 1.82) is 0 Å². The molecule has 0 radical (unpaired) electrons. The van der Waals surface area contributed by atoms with Crippen molar-refractivity contribution in [3.63, 3.8) is 0 Å². The monoisotopic (exact) mass is 510 g/mol. The van der Waals surface area contributed by atoms with Crippen molar-refractivity contribution in [3.05, 3.63) is 101 Å². The van der Waals surface area contributed by atoms with Crippen molar-refractivity contribution in [2.45, 2.75) is 32.1 Å². The molecule has 2 fully saturated rings. The lowest BCUT2D eigenvalue weighted by atomic mass is 10.0. The number of likely N-dealkylation sites (tertiary alicyclic amines) is 1. The molecule has 3 aromatic carbocycles. The lowest BCUT2D eigenvalue weighted by Crippen LogP contribution is -2.47. The van der Waals surface area contributed by atoms with Crippen molar-refractivity contribution in [2.75, 3.05) is 31.2 Å². The van der Waals surface area contributed by atoms with Gasteiger partial charge in [-0.05, 0) is 48.4 Å². The second-order valence-corrected chi connectivity index (χ2v) is 9.98. The first-order valence-corrected chi connectivity index (χ1v) is 13.0. The summed E-state index contributed by atoms with van der Waals surface area (Å²) < 4.78 is 17.6. The fraction of sp³-hybridized carbons (Fsp3) is 0.290. The minimum atomic E-state index is -0.509. The molecule has 0 aromatic heterocycles. The molecule has 0 N–H and O–H groups in total. The third-order valence-corrected chi connectivity index (χ3v) is 7.34. The van der Waals surface area contributed by atoms with E-state index in [1.807, 2.05) is 66.4 Å². The molecule has 2 saturated heterocycles. The molecule has 3 heterocycles. The Bertz CT molecular complexity index is 1380. The van der Waals surface area contributed by atoms with Crippen molar-refractivity contribution in [2.24, 2.45) is 0 Å². The number of fused-ring (bicyclic) bond motifs is 1. The molecule has 0 atom stereocenters. The number of benzene rings is 3. The van der Waals surface area contributed by atoms with Gasteiger partial charge in [0, 0.05) is 31.5 Å². The molecule has 7 heteroatoms. The van der Waals surface area contributed by atoms with Gasteiger partial charge < -0.3 is 19.1 Å². The number of hydrogen-bond acceptors (Lipinski definition) is 5. The third-order valence-electron chi connectivity index (χ3n) is 7.34. The predicted molar refractivity (Wildman–Crippen MR) is 144 cm³/mol. The molecule has 3 aliphatic heterocycles. The SMILES string of the molecule is Cc1cccc(CN2C(=O)/C(=C\c3ccc(C(=O)N4CCC5(CC4)OCCO5)cc3)Oc3ccccc32)c1. The number of piperidine rings is 1. The van der Waals surface area contributed by atoms with Crippen molar-refractivity contribution in [3.8, 4) is 5.75 Å². The maximum absolute atomic E-state index is 13.5. The molecule has 2 amide bonds. The number of rotatable bonds is 4. The number of carbonyl (C=O) groups is 2. The summed E-state index contributed by atoms with van der Waals surface area (Å²) in [6.07, 6.45) is 3.10. The number of amides is 2. The first-order chi connectivity index (χ1) is 18.5. The number of anilines is 1. The molecular weight excluding hydrogens is 480 g/mol. The van der Waals surface area contributed by atoms with Crippen LogP contribution in [-0.4, -0.2) is 48.8 Å². The standard InChI is InChI=1S/C31H30N2O5/c1-22-5-4-6-24(19-22)21-33-26-7-2-3-8-27(26)38-28(30(33)35)20-23-9-11-25(12-10-23)29(34)32-15-13-31(14-16-32)36-17-18-37-31/h2-12,19-20H,13-18,21H2,1H3/b28-20+. The molecule has 0 aliphatic carbocycles. The molecule has 3 aromatic rings. The summed E-state index contributed by atoms with van der Waals surface area (Å²) in [6.45, 7) is 4.92. The van der Waals surface area contributed by atoms with E-state index in [2.05, 4.69) is 6.07 Å². The molecule has 6 rings (SSSR count). The maximum atomic E-state index is 13.5. The van der Waals surface area contributed by atoms with Crippen LogP contribution in [0.2, 0.25) is 0 Å². The summed E-state index contributed by atoms with van der Waals surface area (Å²) in [4.78, 5) is 30.2. The van der Waals surface area contributed by atoms with Crippen LogP contribution in [-0.2, 0) is 20.8 Å². The van der Waals surface area contributed by atoms with E-state index >= 15 is 0 Å². The van der Waals surface area contributed by atoms with E-state index in [4.69, 9.17) is 14.2 Å². The van der Waals surface area contributed by atoms with Crippen LogP contribution in [0.25, 0.3) is 6.08 Å². The topological polar surface area (TPSA) is 68.3 Å². The van der Waals surface area contributed by atoms with E-state index in [9.17, 15) is 9.59 Å². The lowest BCUT2D eigenvalue weighted by Gasteiger charge is -2.37. The van der Waals surface area contributed by atoms with Gasteiger partial charge in [0.1, 0.15) is 0 Å². The Kier molecular flexibility index (Phi) is 6.47. The van der Waals surface area contributed by atoms with E-state index in [1.54, 1.807) is 23.1 Å². The highest BCUT2D eigenvalue weighted by Gasteiger charge is 2.40. The average molecular weight is 511 g/mol. The van der Waals surface area contributed by atoms with Gasteiger partial charge in [0.2, 0.25) is 0 Å². The summed E-state index contributed by atoms with van der Waals surface area (Å²) in [6, 6.07) is 23.0. The second-order valence-electron chi connectivity index (χ2n) is 9.98. The Morgan fingerprint density at radius 2 is 1.68 bits per heavy atom. The first kappa shape index (κ1) is 24.4. The van der Waals surface area contributed by atoms with Crippen molar-refractivity contribution >= 4 is 23.6 Å². The normalized spacial score (nSPS) is 19.5. The Labute approximate surface area is 222 Å². The highest BCUT2D eigenvalue weighted by atomic mass is 16.7. The Hall–Kier alpha value is -3.94. The molecule has 38 heavy (non-hydrogen) atoms. The first-order valence-electron chi connectivity index (χ1n) is 13.0. The van der Waals surface area contributed by atoms with Gasteiger partial charge in [-0.1, -0.05) is 54.1 Å². The number of carbonyl (C=O) groups excluding carboxylic acids is 2. The van der Waals surface area contributed by atoms with Gasteiger partial charge in [-0.25, -0.2) is 0 Å². The summed E-state index contributed by atoms with van der Waals surface area (Å²) in [5, 5.41) is 0. The van der Waals surface area contributed by atoms with Crippen LogP contribution in [0.3, 0.4) is 0 Å². The lowest BCUT2D eigenvalue weighted by molar-refractivity contribution is -0.181. The van der Waals surface area contributed by atoms with Crippen LogP contribution in [0.5, 0.6) is 5.75 Å². The zero-order valence-corrected chi connectivity index (χ0v) is 21.4. The molecule has 3 aliphatic rings. The zero-order valence-electron chi connectivity index (χ0n) is 21.4. The fourth-order valence-electron chi connectivity index (χ4n) is 5.30. The second kappa shape index (κ2) is 10.1. The van der Waals surface area contributed by atoms with Gasteiger partial charge in [-0.15, -0.1) is 0 Å². The summed E-state index contributed by atoms with van der Waals surface area (Å²) in [5.41, 5.74) is 4.33. The van der Waals surface area contributed by atoms with E-state index in [1.165, 1.54) is 0 Å². The van der Waals surface area contributed by atoms with Crippen LogP contribution in [0.4, 0.5) is 5.69 Å². The van der Waals surface area contributed by atoms with Gasteiger partial charge in [-0.3, -0.25) is 14.5 Å². The zero-order chi connectivity index (χ0) is 26.1. The third kappa shape index (κ3) is 4.83. The maximum Gasteiger partial charge on any atom is 0.294 e. The largest absolute Gasteiger partial charge is 0.449 e. The van der Waals surface area contributed by atoms with Gasteiger partial charge in [-0.2, -0.15) is 0 Å². The van der Waals surface area contributed by atoms with Gasteiger partial charge in [0.25, 0.3) is 11.8 Å². The summed E-state index contributed by atoms with van der Waals surface area (Å²) >= 11 is 0. The van der Waals surface area contributed by atoms with Crippen LogP contribution in [0, 0.1) is 6.92 Å². The number of aryl methyl sites for hydroxylation is 1. The number of ether oxygens (including phenoxy) is 3. The molecule has 0 bridgehead atoms. The highest BCUT2D eigenvalue weighted by molar-refractivity contribution is 6.09. The molecule has 0 saturated carbocycles. The van der Waals surface area contributed by atoms with Crippen LogP contribution in [0.1, 0.15) is 39.9 Å². The molecule has 1 spiro atoms. The van der Waals surface area contributed by atoms with Crippen molar-refractivity contribution < 1.29 is 23.8 Å². The van der Waals surface area contributed by atoms with Crippen LogP contribution >= 0.6 is 0 Å². The quantitative estimate of drug-likeness (QED) is 0.465. The van der Waals surface area contributed by atoms with E-state index in [-0.39, 0.29) is 17.6 Å². The molecule has 0 unspecified atom stereocenters. The smallest absolute Gasteiger partial charge is 0.294 e. The van der Waals surface area contributed by atoms with E-state index in [0.717, 1.165) is 22.4 Å². The summed E-state index contributed by atoms with van der Waals surface area (Å²) in [7, 11) is 0. The Morgan fingerprint density at radius 3 is 2.42 bits per heavy atom. The molecule has 194 valence electrons. The number of hydrogen-bond donors (Lipinski definition) is 0. The average Bonchev–Trinajstić information content (AvgIpc) is 3.39. The molecule has 7 nitrogen and oxygen atoms in total. The van der Waals surface area contributed by atoms with Crippen LogP contribution < -0.4 is 9.64 Å². The van der Waals surface area contributed by atoms with Gasteiger partial charge >= 0.3 is 0 Å². The minimum Gasteiger partial charge on any atom is -0.449 e. The molecular formula is C31H30N2O5. The van der Waals surface area contributed by atoms with Crippen molar-refractivity contribution in [1.82, 2.24) is 4.90 Å². The fourth-order valence-corrected chi connectivity index (χ4v) is 5.30. The summed E-state index contributed by atoms with van der Waals surface area (Å²) in [5.74, 6) is 0.152. The highest BCUT2D eigenvalue weighted by Crippen LogP contribution is 2.37. The van der Waals surface area contributed by atoms with Gasteiger partial charge in [0.15, 0.2) is 17.3 Å². The van der Waals surface area contributed by atoms with E-state index in [0.29, 0.717) is 57.0 Å². The van der Waals surface area contributed by atoms with Gasteiger partial charge in [0.05, 0.1) is 25.4 Å². The number of para-hydroxylation sites is 2.